The summed E-state index contributed by atoms with van der Waals surface area (Å²) in [7, 11) is -0.950. The van der Waals surface area contributed by atoms with Crippen molar-refractivity contribution in [2.45, 2.75) is 24.9 Å². The predicted octanol–water partition coefficient (Wildman–Crippen LogP) is 5.98. The number of ether oxygens (including phenoxy) is 2. The van der Waals surface area contributed by atoms with Gasteiger partial charge in [-0.25, -0.2) is 0 Å². The van der Waals surface area contributed by atoms with Gasteiger partial charge in [-0.05, 0) is 31.2 Å². The Labute approximate surface area is 179 Å². The fraction of sp³-hybridized carbons (Fsp3) is 0.300. The van der Waals surface area contributed by atoms with Crippen LogP contribution in [-0.4, -0.2) is 31.2 Å². The molecule has 0 bridgehead atoms. The average Bonchev–Trinajstić information content (AvgIpc) is 2.74. The van der Waals surface area contributed by atoms with Crippen LogP contribution in [0.1, 0.15) is 38.8 Å². The van der Waals surface area contributed by atoms with Crippen LogP contribution >= 0.6 is 7.80 Å². The summed E-state index contributed by atoms with van der Waals surface area (Å²) in [5, 5.41) is 0. The number of rotatable bonds is 7. The van der Waals surface area contributed by atoms with Crippen LogP contribution in [0.5, 0.6) is 11.5 Å². The molecule has 12 heteroatoms. The normalized spacial score (nSPS) is 13.3. The lowest BCUT2D eigenvalue weighted by Crippen LogP contribution is -2.25. The van der Waals surface area contributed by atoms with E-state index in [1.807, 2.05) is 0 Å². The Morgan fingerprint density at radius 2 is 1.22 bits per heavy atom. The van der Waals surface area contributed by atoms with E-state index < -0.39 is 53.8 Å². The van der Waals surface area contributed by atoms with E-state index in [9.17, 15) is 40.5 Å². The van der Waals surface area contributed by atoms with Gasteiger partial charge in [0.15, 0.2) is 13.6 Å². The third-order valence-electron chi connectivity index (χ3n) is 4.49. The highest BCUT2D eigenvalue weighted by molar-refractivity contribution is 7.66. The van der Waals surface area contributed by atoms with Gasteiger partial charge in [-0.15, -0.1) is 0 Å². The highest BCUT2D eigenvalue weighted by atomic mass is 31.1. The topological polar surface area (TPSA) is 69.7 Å². The zero-order valence-electron chi connectivity index (χ0n) is 16.8. The Balaban J connectivity index is 2.59. The molecule has 0 aromatic heterocycles. The van der Waals surface area contributed by atoms with Gasteiger partial charge < -0.3 is 9.47 Å². The molecule has 0 N–H and O–H groups in total. The van der Waals surface area contributed by atoms with Crippen molar-refractivity contribution in [2.24, 2.45) is 0 Å². The number of alkyl halides is 6. The van der Waals surface area contributed by atoms with Crippen LogP contribution in [0, 0.1) is 0 Å². The molecular formula is C20H16F6O5P. The van der Waals surface area contributed by atoms with Gasteiger partial charge in [-0.3, -0.25) is 14.2 Å². The number of carbonyl (C=O) groups excluding carboxylic acids is 2. The van der Waals surface area contributed by atoms with E-state index in [2.05, 4.69) is 0 Å². The Hall–Kier alpha value is -2.94. The van der Waals surface area contributed by atoms with Crippen LogP contribution in [0.15, 0.2) is 36.4 Å². The molecule has 5 nitrogen and oxygen atoms in total. The molecule has 2 unspecified atom stereocenters. The van der Waals surface area contributed by atoms with Gasteiger partial charge in [0.05, 0.1) is 31.0 Å². The molecule has 173 valence electrons. The lowest BCUT2D eigenvalue weighted by atomic mass is 9.95. The van der Waals surface area contributed by atoms with Gasteiger partial charge in [0.2, 0.25) is 5.52 Å². The number of halogens is 6. The van der Waals surface area contributed by atoms with Crippen molar-refractivity contribution in [1.82, 2.24) is 0 Å². The summed E-state index contributed by atoms with van der Waals surface area (Å²) in [6.45, 7) is 0.828. The van der Waals surface area contributed by atoms with Crippen molar-refractivity contribution >= 4 is 19.1 Å². The summed E-state index contributed by atoms with van der Waals surface area (Å²) in [6, 6.07) is 5.20. The molecule has 0 saturated carbocycles. The molecule has 0 saturated heterocycles. The second-order valence-corrected chi connectivity index (χ2v) is 8.26. The minimum absolute atomic E-state index is 0.0935. The standard InChI is InChI=1S/C20H16F6O5P/c1-10(32(29)18(28)16-13(30-2)8-5-9-14(16)31-3)17(27)15-11(19(21,22)23)6-4-7-12(15)20(24,25)26/h4-10H,1-3H3. The van der Waals surface area contributed by atoms with Crippen molar-refractivity contribution in [3.05, 3.63) is 58.7 Å². The van der Waals surface area contributed by atoms with E-state index in [4.69, 9.17) is 9.47 Å². The quantitative estimate of drug-likeness (QED) is 0.277. The van der Waals surface area contributed by atoms with Gasteiger partial charge in [-0.2, -0.15) is 26.3 Å². The van der Waals surface area contributed by atoms with Crippen molar-refractivity contribution in [3.63, 3.8) is 0 Å². The first-order chi connectivity index (χ1) is 14.8. The first-order valence-corrected chi connectivity index (χ1v) is 10.1. The lowest BCUT2D eigenvalue weighted by molar-refractivity contribution is -0.143. The Kier molecular flexibility index (Phi) is 7.34. The number of hydrogen-bond acceptors (Lipinski definition) is 5. The van der Waals surface area contributed by atoms with Crippen LogP contribution in [0.3, 0.4) is 0 Å². The molecule has 0 heterocycles. The van der Waals surface area contributed by atoms with Crippen LogP contribution in [-0.2, 0) is 16.9 Å². The van der Waals surface area contributed by atoms with E-state index in [1.54, 1.807) is 0 Å². The first kappa shape index (κ1) is 25.3. The molecule has 32 heavy (non-hydrogen) atoms. The Morgan fingerprint density at radius 3 is 1.59 bits per heavy atom. The number of benzene rings is 2. The summed E-state index contributed by atoms with van der Waals surface area (Å²) < 4.78 is 103. The SMILES string of the molecule is COc1cccc(OC)c1C(=O)[P](=O)C(C)C(=O)c1c(C(F)(F)F)cccc1C(F)(F)F. The van der Waals surface area contributed by atoms with Crippen molar-refractivity contribution in [3.8, 4) is 11.5 Å². The van der Waals surface area contributed by atoms with E-state index >= 15 is 0 Å². The summed E-state index contributed by atoms with van der Waals surface area (Å²) in [5.74, 6) is -1.92. The number of methoxy groups -OCH3 is 2. The molecule has 0 amide bonds. The third-order valence-corrected chi connectivity index (χ3v) is 6.06. The average molecular weight is 481 g/mol. The maximum absolute atomic E-state index is 13.4. The van der Waals surface area contributed by atoms with Crippen LogP contribution in [0.4, 0.5) is 26.3 Å². The maximum Gasteiger partial charge on any atom is 0.417 e. The third kappa shape index (κ3) is 4.93. The van der Waals surface area contributed by atoms with E-state index in [-0.39, 0.29) is 17.1 Å². The predicted molar refractivity (Wildman–Crippen MR) is 102 cm³/mol. The molecule has 0 aliphatic carbocycles. The summed E-state index contributed by atoms with van der Waals surface area (Å²) in [5.41, 5.74) is -8.93. The lowest BCUT2D eigenvalue weighted by Gasteiger charge is -2.20. The van der Waals surface area contributed by atoms with Crippen LogP contribution in [0.2, 0.25) is 0 Å². The highest BCUT2D eigenvalue weighted by Crippen LogP contribution is 2.44. The monoisotopic (exact) mass is 481 g/mol. The fourth-order valence-corrected chi connectivity index (χ4v) is 4.09. The molecular weight excluding hydrogens is 465 g/mol. The van der Waals surface area contributed by atoms with Crippen LogP contribution < -0.4 is 9.47 Å². The molecule has 0 spiro atoms. The Morgan fingerprint density at radius 1 is 0.812 bits per heavy atom. The van der Waals surface area contributed by atoms with Gasteiger partial charge >= 0.3 is 12.4 Å². The number of carbonyl (C=O) groups is 2. The number of ketones is 1. The number of hydrogen-bond donors (Lipinski definition) is 0. The zero-order chi connectivity index (χ0) is 24.4. The van der Waals surface area contributed by atoms with E-state index in [0.717, 1.165) is 6.92 Å². The molecule has 2 aromatic rings. The maximum atomic E-state index is 13.4. The molecule has 1 radical (unpaired) electrons. The summed E-state index contributed by atoms with van der Waals surface area (Å²) in [6.07, 6.45) is -10.6. The minimum atomic E-state index is -5.30. The molecule has 2 rings (SSSR count). The molecule has 2 aromatic carbocycles. The van der Waals surface area contributed by atoms with Gasteiger partial charge in [0.1, 0.15) is 17.1 Å². The minimum Gasteiger partial charge on any atom is -0.496 e. The molecule has 2 atom stereocenters. The highest BCUT2D eigenvalue weighted by Gasteiger charge is 2.45. The molecule has 0 aliphatic rings. The summed E-state index contributed by atoms with van der Waals surface area (Å²) >= 11 is 0. The summed E-state index contributed by atoms with van der Waals surface area (Å²) in [4.78, 5) is 25.6. The van der Waals surface area contributed by atoms with Gasteiger partial charge in [0.25, 0.3) is 0 Å². The Bertz CT molecular complexity index is 1010. The van der Waals surface area contributed by atoms with Gasteiger partial charge in [-0.1, -0.05) is 12.1 Å². The van der Waals surface area contributed by atoms with Gasteiger partial charge in [0, 0.05) is 5.56 Å². The van der Waals surface area contributed by atoms with Crippen LogP contribution in [0.25, 0.3) is 0 Å². The second kappa shape index (κ2) is 9.28. The van der Waals surface area contributed by atoms with Crippen molar-refractivity contribution in [2.75, 3.05) is 14.2 Å². The van der Waals surface area contributed by atoms with E-state index in [0.29, 0.717) is 18.2 Å². The second-order valence-electron chi connectivity index (χ2n) is 6.43. The van der Waals surface area contributed by atoms with Crippen molar-refractivity contribution in [1.29, 1.82) is 0 Å². The van der Waals surface area contributed by atoms with Crippen molar-refractivity contribution < 1.29 is 50.0 Å². The zero-order valence-corrected chi connectivity index (χ0v) is 17.7. The number of Topliss-reactive ketones (excluding diaryl/α,β-unsaturated/α-hetero) is 1. The smallest absolute Gasteiger partial charge is 0.417 e. The molecule has 0 aliphatic heterocycles. The fourth-order valence-electron chi connectivity index (χ4n) is 2.95. The molecule has 0 fully saturated rings. The van der Waals surface area contributed by atoms with E-state index in [1.165, 1.54) is 32.4 Å². The largest absolute Gasteiger partial charge is 0.496 e. The first-order valence-electron chi connectivity index (χ1n) is 8.79.